The summed E-state index contributed by atoms with van der Waals surface area (Å²) in [6.45, 7) is 6.20. The number of hydrogen-bond donors (Lipinski definition) is 1. The van der Waals surface area contributed by atoms with E-state index in [1.54, 1.807) is 18.4 Å². The first-order valence-electron chi connectivity index (χ1n) is 6.99. The van der Waals surface area contributed by atoms with E-state index in [1.165, 1.54) is 15.3 Å². The second-order valence-electron chi connectivity index (χ2n) is 5.15. The lowest BCUT2D eigenvalue weighted by Crippen LogP contribution is -2.28. The molecule has 21 heavy (non-hydrogen) atoms. The molecule has 1 amide bonds. The molecule has 0 bridgehead atoms. The van der Waals surface area contributed by atoms with Crippen molar-refractivity contribution in [2.45, 2.75) is 33.2 Å². The molecule has 1 aromatic heterocycles. The SMILES string of the molecule is COc1ccccc1CC(=O)NC(C)c1cc(C)sc1C. The van der Waals surface area contributed by atoms with Crippen molar-refractivity contribution in [3.8, 4) is 5.75 Å². The van der Waals surface area contributed by atoms with Crippen LogP contribution in [0, 0.1) is 13.8 Å². The Labute approximate surface area is 130 Å². The molecule has 0 spiro atoms. The van der Waals surface area contributed by atoms with E-state index in [0.717, 1.165) is 11.3 Å². The number of rotatable bonds is 5. The van der Waals surface area contributed by atoms with Gasteiger partial charge in [-0.3, -0.25) is 4.79 Å². The van der Waals surface area contributed by atoms with Crippen molar-refractivity contribution < 1.29 is 9.53 Å². The summed E-state index contributed by atoms with van der Waals surface area (Å²) in [4.78, 5) is 14.8. The van der Waals surface area contributed by atoms with Gasteiger partial charge in [0.15, 0.2) is 0 Å². The van der Waals surface area contributed by atoms with Gasteiger partial charge in [-0.25, -0.2) is 0 Å². The summed E-state index contributed by atoms with van der Waals surface area (Å²) in [5.74, 6) is 0.762. The van der Waals surface area contributed by atoms with Crippen LogP contribution in [0.1, 0.15) is 33.8 Å². The van der Waals surface area contributed by atoms with Gasteiger partial charge in [-0.05, 0) is 38.5 Å². The summed E-state index contributed by atoms with van der Waals surface area (Å²) in [6, 6.07) is 9.79. The van der Waals surface area contributed by atoms with Crippen LogP contribution in [0.2, 0.25) is 0 Å². The Kier molecular flexibility index (Phi) is 5.02. The third-order valence-electron chi connectivity index (χ3n) is 3.47. The molecule has 112 valence electrons. The fraction of sp³-hybridized carbons (Fsp3) is 0.353. The van der Waals surface area contributed by atoms with Gasteiger partial charge in [0.2, 0.25) is 5.91 Å². The summed E-state index contributed by atoms with van der Waals surface area (Å²) in [6.07, 6.45) is 0.330. The van der Waals surface area contributed by atoms with Crippen molar-refractivity contribution in [1.82, 2.24) is 5.32 Å². The number of methoxy groups -OCH3 is 1. The Hall–Kier alpha value is -1.81. The number of ether oxygens (including phenoxy) is 1. The molecule has 2 aromatic rings. The van der Waals surface area contributed by atoms with Gasteiger partial charge in [0.1, 0.15) is 5.75 Å². The first-order valence-corrected chi connectivity index (χ1v) is 7.81. The van der Waals surface area contributed by atoms with Gasteiger partial charge in [0.05, 0.1) is 19.6 Å². The Morgan fingerprint density at radius 1 is 1.33 bits per heavy atom. The summed E-state index contributed by atoms with van der Waals surface area (Å²) < 4.78 is 5.28. The Morgan fingerprint density at radius 2 is 2.05 bits per heavy atom. The van der Waals surface area contributed by atoms with Crippen LogP contribution in [-0.2, 0) is 11.2 Å². The lowest BCUT2D eigenvalue weighted by Gasteiger charge is -2.15. The van der Waals surface area contributed by atoms with E-state index in [0.29, 0.717) is 6.42 Å². The molecule has 1 N–H and O–H groups in total. The third-order valence-corrected chi connectivity index (χ3v) is 4.45. The molecule has 1 heterocycles. The highest BCUT2D eigenvalue weighted by Crippen LogP contribution is 2.26. The molecule has 1 unspecified atom stereocenters. The predicted octanol–water partition coefficient (Wildman–Crippen LogP) is 3.79. The molecule has 1 atom stereocenters. The van der Waals surface area contributed by atoms with Crippen LogP contribution in [0.5, 0.6) is 5.75 Å². The molecule has 0 saturated carbocycles. The predicted molar refractivity (Wildman–Crippen MR) is 87.0 cm³/mol. The van der Waals surface area contributed by atoms with Crippen LogP contribution in [0.3, 0.4) is 0 Å². The van der Waals surface area contributed by atoms with E-state index in [-0.39, 0.29) is 11.9 Å². The smallest absolute Gasteiger partial charge is 0.225 e. The van der Waals surface area contributed by atoms with Crippen molar-refractivity contribution in [1.29, 1.82) is 0 Å². The molecule has 0 saturated heterocycles. The van der Waals surface area contributed by atoms with Gasteiger partial charge in [0.25, 0.3) is 0 Å². The molecule has 0 aliphatic rings. The van der Waals surface area contributed by atoms with Gasteiger partial charge in [-0.15, -0.1) is 11.3 Å². The lowest BCUT2D eigenvalue weighted by atomic mass is 10.1. The second kappa shape index (κ2) is 6.76. The zero-order valence-electron chi connectivity index (χ0n) is 12.9. The maximum Gasteiger partial charge on any atom is 0.225 e. The minimum absolute atomic E-state index is 0.00949. The van der Waals surface area contributed by atoms with Gasteiger partial charge >= 0.3 is 0 Å². The van der Waals surface area contributed by atoms with Crippen LogP contribution in [-0.4, -0.2) is 13.0 Å². The van der Waals surface area contributed by atoms with Crippen LogP contribution in [0.4, 0.5) is 0 Å². The molecule has 0 aliphatic heterocycles. The Morgan fingerprint density at radius 3 is 2.67 bits per heavy atom. The van der Waals surface area contributed by atoms with Crippen molar-refractivity contribution in [2.24, 2.45) is 0 Å². The van der Waals surface area contributed by atoms with Crippen molar-refractivity contribution >= 4 is 17.2 Å². The van der Waals surface area contributed by atoms with E-state index in [1.807, 2.05) is 31.2 Å². The average Bonchev–Trinajstić information content (AvgIpc) is 2.78. The summed E-state index contributed by atoms with van der Waals surface area (Å²) in [5, 5.41) is 3.06. The second-order valence-corrected chi connectivity index (χ2v) is 6.61. The molecule has 0 aliphatic carbocycles. The van der Waals surface area contributed by atoms with Gasteiger partial charge in [0, 0.05) is 15.3 Å². The standard InChI is InChI=1S/C17H21NO2S/c1-11-9-15(13(3)21-11)12(2)18-17(19)10-14-7-5-6-8-16(14)20-4/h5-9,12H,10H2,1-4H3,(H,18,19). The van der Waals surface area contributed by atoms with E-state index in [4.69, 9.17) is 4.74 Å². The summed E-state index contributed by atoms with van der Waals surface area (Å²) in [5.41, 5.74) is 2.11. The molecular weight excluding hydrogens is 282 g/mol. The maximum absolute atomic E-state index is 12.2. The lowest BCUT2D eigenvalue weighted by molar-refractivity contribution is -0.121. The van der Waals surface area contributed by atoms with Crippen LogP contribution in [0.25, 0.3) is 0 Å². The maximum atomic E-state index is 12.2. The monoisotopic (exact) mass is 303 g/mol. The molecule has 4 heteroatoms. The zero-order valence-corrected chi connectivity index (χ0v) is 13.7. The van der Waals surface area contributed by atoms with Crippen molar-refractivity contribution in [3.63, 3.8) is 0 Å². The number of hydrogen-bond acceptors (Lipinski definition) is 3. The van der Waals surface area contributed by atoms with E-state index in [9.17, 15) is 4.79 Å². The topological polar surface area (TPSA) is 38.3 Å². The number of carbonyl (C=O) groups excluding carboxylic acids is 1. The molecule has 3 nitrogen and oxygen atoms in total. The first kappa shape index (κ1) is 15.6. The number of carbonyl (C=O) groups is 1. The van der Waals surface area contributed by atoms with Crippen molar-refractivity contribution in [3.05, 3.63) is 51.2 Å². The summed E-state index contributed by atoms with van der Waals surface area (Å²) >= 11 is 1.76. The molecule has 0 fully saturated rings. The van der Waals surface area contributed by atoms with E-state index >= 15 is 0 Å². The number of para-hydroxylation sites is 1. The Bertz CT molecular complexity index is 633. The molecule has 1 aromatic carbocycles. The highest BCUT2D eigenvalue weighted by atomic mass is 32.1. The first-order chi connectivity index (χ1) is 10.0. The highest BCUT2D eigenvalue weighted by molar-refractivity contribution is 7.12. The summed E-state index contributed by atoms with van der Waals surface area (Å²) in [7, 11) is 1.62. The number of thiophene rings is 1. The quantitative estimate of drug-likeness (QED) is 0.912. The number of nitrogens with one attached hydrogen (secondary N) is 1. The van der Waals surface area contributed by atoms with E-state index < -0.39 is 0 Å². The largest absolute Gasteiger partial charge is 0.496 e. The number of amides is 1. The zero-order chi connectivity index (χ0) is 15.4. The molecule has 2 rings (SSSR count). The highest BCUT2D eigenvalue weighted by Gasteiger charge is 2.15. The molecular formula is C17H21NO2S. The molecule has 0 radical (unpaired) electrons. The Balaban J connectivity index is 2.03. The normalized spacial score (nSPS) is 12.0. The third kappa shape index (κ3) is 3.85. The van der Waals surface area contributed by atoms with Gasteiger partial charge in [-0.1, -0.05) is 18.2 Å². The van der Waals surface area contributed by atoms with Gasteiger partial charge in [-0.2, -0.15) is 0 Å². The fourth-order valence-corrected chi connectivity index (χ4v) is 3.50. The van der Waals surface area contributed by atoms with E-state index in [2.05, 4.69) is 25.2 Å². The van der Waals surface area contributed by atoms with Gasteiger partial charge < -0.3 is 10.1 Å². The minimum atomic E-state index is 0.00949. The number of benzene rings is 1. The van der Waals surface area contributed by atoms with Crippen LogP contribution in [0.15, 0.2) is 30.3 Å². The minimum Gasteiger partial charge on any atom is -0.496 e. The average molecular weight is 303 g/mol. The fourth-order valence-electron chi connectivity index (χ4n) is 2.47. The van der Waals surface area contributed by atoms with Crippen LogP contribution < -0.4 is 10.1 Å². The van der Waals surface area contributed by atoms with Crippen molar-refractivity contribution in [2.75, 3.05) is 7.11 Å². The van der Waals surface area contributed by atoms with Crippen LogP contribution >= 0.6 is 11.3 Å². The number of aryl methyl sites for hydroxylation is 2.